The van der Waals surface area contributed by atoms with Crippen LogP contribution in [0.1, 0.15) is 11.1 Å². The summed E-state index contributed by atoms with van der Waals surface area (Å²) in [4.78, 5) is 11.9. The number of carbonyl (C=O) groups excluding carboxylic acids is 1. The molecule has 0 atom stereocenters. The normalized spacial score (nSPS) is 10.3. The Bertz CT molecular complexity index is 653. The summed E-state index contributed by atoms with van der Waals surface area (Å²) in [6.07, 6.45) is 0. The van der Waals surface area contributed by atoms with Gasteiger partial charge in [0.1, 0.15) is 11.6 Å². The highest BCUT2D eigenvalue weighted by atomic mass is 79.9. The summed E-state index contributed by atoms with van der Waals surface area (Å²) >= 11 is 3.19. The first kappa shape index (κ1) is 15.5. The SMILES string of the molecule is Cc1cccc(C)c1NC(=O)COc1ccc(F)cc1Br. The molecule has 5 heteroatoms. The molecule has 1 amide bonds. The Morgan fingerprint density at radius 1 is 1.24 bits per heavy atom. The number of halogens is 2. The van der Waals surface area contributed by atoms with Crippen molar-refractivity contribution in [1.29, 1.82) is 0 Å². The molecule has 0 radical (unpaired) electrons. The van der Waals surface area contributed by atoms with Gasteiger partial charge in [0.15, 0.2) is 6.61 Å². The first-order valence-corrected chi connectivity index (χ1v) is 7.20. The number of rotatable bonds is 4. The first-order valence-electron chi connectivity index (χ1n) is 6.41. The molecule has 0 aliphatic rings. The predicted octanol–water partition coefficient (Wildman–Crippen LogP) is 4.22. The van der Waals surface area contributed by atoms with Crippen molar-refractivity contribution in [2.45, 2.75) is 13.8 Å². The van der Waals surface area contributed by atoms with Gasteiger partial charge in [-0.25, -0.2) is 4.39 Å². The number of anilines is 1. The van der Waals surface area contributed by atoms with E-state index in [1.54, 1.807) is 0 Å². The van der Waals surface area contributed by atoms with Crippen LogP contribution in [0.25, 0.3) is 0 Å². The molecule has 0 saturated carbocycles. The standard InChI is InChI=1S/C16H15BrFNO2/c1-10-4-3-5-11(2)16(10)19-15(20)9-21-14-7-6-12(18)8-13(14)17/h3-8H,9H2,1-2H3,(H,19,20). The van der Waals surface area contributed by atoms with E-state index in [1.807, 2.05) is 32.0 Å². The van der Waals surface area contributed by atoms with E-state index in [0.717, 1.165) is 16.8 Å². The summed E-state index contributed by atoms with van der Waals surface area (Å²) in [5.41, 5.74) is 2.78. The monoisotopic (exact) mass is 351 g/mol. The van der Waals surface area contributed by atoms with E-state index in [2.05, 4.69) is 21.2 Å². The lowest BCUT2D eigenvalue weighted by Crippen LogP contribution is -2.21. The van der Waals surface area contributed by atoms with Crippen LogP contribution in [-0.2, 0) is 4.79 Å². The van der Waals surface area contributed by atoms with Crippen LogP contribution in [0.5, 0.6) is 5.75 Å². The topological polar surface area (TPSA) is 38.3 Å². The number of carbonyl (C=O) groups is 1. The van der Waals surface area contributed by atoms with Crippen LogP contribution in [0, 0.1) is 19.7 Å². The molecule has 0 saturated heterocycles. The molecule has 0 spiro atoms. The molecule has 0 aromatic heterocycles. The van der Waals surface area contributed by atoms with Crippen LogP contribution in [0.4, 0.5) is 10.1 Å². The fraction of sp³-hybridized carbons (Fsp3) is 0.188. The lowest BCUT2D eigenvalue weighted by Gasteiger charge is -2.12. The summed E-state index contributed by atoms with van der Waals surface area (Å²) in [6, 6.07) is 9.85. The number of hydrogen-bond donors (Lipinski definition) is 1. The average molecular weight is 352 g/mol. The zero-order valence-corrected chi connectivity index (χ0v) is 13.3. The zero-order valence-electron chi connectivity index (χ0n) is 11.7. The maximum atomic E-state index is 13.0. The second kappa shape index (κ2) is 6.72. The van der Waals surface area contributed by atoms with Crippen molar-refractivity contribution in [2.24, 2.45) is 0 Å². The number of aryl methyl sites for hydroxylation is 2. The van der Waals surface area contributed by atoms with Gasteiger partial charge in [0.05, 0.1) is 4.47 Å². The van der Waals surface area contributed by atoms with Gasteiger partial charge >= 0.3 is 0 Å². The molecular weight excluding hydrogens is 337 g/mol. The lowest BCUT2D eigenvalue weighted by molar-refractivity contribution is -0.118. The summed E-state index contributed by atoms with van der Waals surface area (Å²) in [6.45, 7) is 3.72. The van der Waals surface area contributed by atoms with Crippen LogP contribution in [0.15, 0.2) is 40.9 Å². The second-order valence-electron chi connectivity index (χ2n) is 4.68. The highest BCUT2D eigenvalue weighted by Crippen LogP contribution is 2.25. The highest BCUT2D eigenvalue weighted by Gasteiger charge is 2.09. The van der Waals surface area contributed by atoms with Crippen molar-refractivity contribution in [3.05, 3.63) is 57.8 Å². The van der Waals surface area contributed by atoms with Crippen LogP contribution in [0.2, 0.25) is 0 Å². The predicted molar refractivity (Wildman–Crippen MR) is 84.1 cm³/mol. The molecular formula is C16H15BrFNO2. The van der Waals surface area contributed by atoms with Gasteiger partial charge < -0.3 is 10.1 Å². The zero-order chi connectivity index (χ0) is 15.4. The fourth-order valence-electron chi connectivity index (χ4n) is 1.92. The molecule has 0 heterocycles. The fourth-order valence-corrected chi connectivity index (χ4v) is 2.39. The molecule has 3 nitrogen and oxygen atoms in total. The third-order valence-corrected chi connectivity index (χ3v) is 3.62. The quantitative estimate of drug-likeness (QED) is 0.895. The summed E-state index contributed by atoms with van der Waals surface area (Å²) < 4.78 is 18.8. The summed E-state index contributed by atoms with van der Waals surface area (Å²) in [5.74, 6) is -0.203. The molecule has 110 valence electrons. The Hall–Kier alpha value is -1.88. The third-order valence-electron chi connectivity index (χ3n) is 3.00. The van der Waals surface area contributed by atoms with Crippen LogP contribution < -0.4 is 10.1 Å². The van der Waals surface area contributed by atoms with E-state index in [-0.39, 0.29) is 18.3 Å². The molecule has 0 aliphatic carbocycles. The van der Waals surface area contributed by atoms with Gasteiger partial charge in [-0.05, 0) is 59.1 Å². The number of hydrogen-bond acceptors (Lipinski definition) is 2. The average Bonchev–Trinajstić information content (AvgIpc) is 2.42. The molecule has 1 N–H and O–H groups in total. The van der Waals surface area contributed by atoms with Crippen molar-refractivity contribution in [2.75, 3.05) is 11.9 Å². The summed E-state index contributed by atoms with van der Waals surface area (Å²) in [7, 11) is 0. The smallest absolute Gasteiger partial charge is 0.262 e. The van der Waals surface area contributed by atoms with Gasteiger partial charge in [0.2, 0.25) is 0 Å². The molecule has 2 aromatic carbocycles. The maximum absolute atomic E-state index is 13.0. The van der Waals surface area contributed by atoms with Gasteiger partial charge in [-0.15, -0.1) is 0 Å². The van der Waals surface area contributed by atoms with E-state index < -0.39 is 0 Å². The minimum Gasteiger partial charge on any atom is -0.483 e. The lowest BCUT2D eigenvalue weighted by atomic mass is 10.1. The largest absolute Gasteiger partial charge is 0.483 e. The Morgan fingerprint density at radius 3 is 2.52 bits per heavy atom. The molecule has 0 bridgehead atoms. The van der Waals surface area contributed by atoms with E-state index in [9.17, 15) is 9.18 Å². The number of para-hydroxylation sites is 1. The molecule has 0 aliphatic heterocycles. The van der Waals surface area contributed by atoms with Crippen LogP contribution >= 0.6 is 15.9 Å². The molecule has 21 heavy (non-hydrogen) atoms. The molecule has 0 unspecified atom stereocenters. The summed E-state index contributed by atoms with van der Waals surface area (Å²) in [5, 5.41) is 2.83. The third kappa shape index (κ3) is 4.04. The van der Waals surface area contributed by atoms with Crippen LogP contribution in [-0.4, -0.2) is 12.5 Å². The van der Waals surface area contributed by atoms with E-state index in [0.29, 0.717) is 10.2 Å². The molecule has 0 fully saturated rings. The van der Waals surface area contributed by atoms with Gasteiger partial charge in [-0.2, -0.15) is 0 Å². The minimum atomic E-state index is -0.366. The van der Waals surface area contributed by atoms with Crippen molar-refractivity contribution >= 4 is 27.5 Å². The van der Waals surface area contributed by atoms with Crippen LogP contribution in [0.3, 0.4) is 0 Å². The Morgan fingerprint density at radius 2 is 1.90 bits per heavy atom. The van der Waals surface area contributed by atoms with E-state index in [1.165, 1.54) is 18.2 Å². The van der Waals surface area contributed by atoms with E-state index >= 15 is 0 Å². The Kier molecular flexibility index (Phi) is 4.96. The number of amides is 1. The van der Waals surface area contributed by atoms with Crippen molar-refractivity contribution < 1.29 is 13.9 Å². The maximum Gasteiger partial charge on any atom is 0.262 e. The minimum absolute atomic E-state index is 0.141. The highest BCUT2D eigenvalue weighted by molar-refractivity contribution is 9.10. The second-order valence-corrected chi connectivity index (χ2v) is 5.53. The van der Waals surface area contributed by atoms with Gasteiger partial charge in [0.25, 0.3) is 5.91 Å². The first-order chi connectivity index (χ1) is 9.97. The Balaban J connectivity index is 1.99. The van der Waals surface area contributed by atoms with E-state index in [4.69, 9.17) is 4.74 Å². The van der Waals surface area contributed by atoms with Gasteiger partial charge in [-0.3, -0.25) is 4.79 Å². The van der Waals surface area contributed by atoms with Crippen molar-refractivity contribution in [1.82, 2.24) is 0 Å². The van der Waals surface area contributed by atoms with Crippen molar-refractivity contribution in [3.63, 3.8) is 0 Å². The Labute approximate surface area is 131 Å². The number of ether oxygens (including phenoxy) is 1. The molecule has 2 rings (SSSR count). The number of nitrogens with one attached hydrogen (secondary N) is 1. The van der Waals surface area contributed by atoms with Crippen molar-refractivity contribution in [3.8, 4) is 5.75 Å². The number of benzene rings is 2. The molecule has 2 aromatic rings. The van der Waals surface area contributed by atoms with Gasteiger partial charge in [0, 0.05) is 5.69 Å². The van der Waals surface area contributed by atoms with Gasteiger partial charge in [-0.1, -0.05) is 18.2 Å².